The van der Waals surface area contributed by atoms with E-state index in [4.69, 9.17) is 10.2 Å². The molecule has 4 rings (SSSR count). The van der Waals surface area contributed by atoms with Gasteiger partial charge in [0.2, 0.25) is 0 Å². The highest BCUT2D eigenvalue weighted by atomic mass is 32.1. The fraction of sp³-hybridized carbons (Fsp3) is 0.0952. The van der Waals surface area contributed by atoms with Gasteiger partial charge in [-0.3, -0.25) is 4.40 Å². The normalized spacial score (nSPS) is 11.2. The molecule has 0 unspecified atom stereocenters. The van der Waals surface area contributed by atoms with E-state index in [9.17, 15) is 4.39 Å². The molecule has 0 radical (unpaired) electrons. The number of allylic oxidation sites excluding steroid dienone is 1. The van der Waals surface area contributed by atoms with Crippen LogP contribution in [0.5, 0.6) is 0 Å². The Kier molecular flexibility index (Phi) is 4.63. The highest BCUT2D eigenvalue weighted by molar-refractivity contribution is 7.14. The first-order chi connectivity index (χ1) is 13.6. The summed E-state index contributed by atoms with van der Waals surface area (Å²) >= 11 is 1.49. The molecule has 0 aliphatic heterocycles. The number of nitriles is 1. The number of halogens is 1. The molecule has 0 saturated carbocycles. The lowest BCUT2D eigenvalue weighted by atomic mass is 10.2. The Morgan fingerprint density at radius 1 is 1.18 bits per heavy atom. The molecule has 3 heterocycles. The van der Waals surface area contributed by atoms with Crippen molar-refractivity contribution in [2.75, 3.05) is 11.9 Å². The molecular weight excluding hydrogens is 373 g/mol. The van der Waals surface area contributed by atoms with Crippen molar-refractivity contribution in [1.29, 1.82) is 5.26 Å². The first kappa shape index (κ1) is 17.9. The van der Waals surface area contributed by atoms with Crippen molar-refractivity contribution in [1.82, 2.24) is 14.4 Å². The molecule has 28 heavy (non-hydrogen) atoms. The van der Waals surface area contributed by atoms with Crippen molar-refractivity contribution >= 4 is 34.0 Å². The Morgan fingerprint density at radius 2 is 1.96 bits per heavy atom. The molecule has 0 N–H and O–H groups in total. The molecule has 0 spiro atoms. The number of rotatable bonds is 4. The van der Waals surface area contributed by atoms with Crippen LogP contribution in [0.4, 0.5) is 15.3 Å². The zero-order valence-corrected chi connectivity index (χ0v) is 16.1. The van der Waals surface area contributed by atoms with Gasteiger partial charge in [0, 0.05) is 30.3 Å². The van der Waals surface area contributed by atoms with Crippen LogP contribution in [0.15, 0.2) is 54.1 Å². The maximum absolute atomic E-state index is 13.2. The summed E-state index contributed by atoms with van der Waals surface area (Å²) in [5.74, 6) is 0.552. The van der Waals surface area contributed by atoms with Crippen LogP contribution < -0.4 is 4.90 Å². The van der Waals surface area contributed by atoms with E-state index in [-0.39, 0.29) is 5.82 Å². The largest absolute Gasteiger partial charge is 0.305 e. The monoisotopic (exact) mass is 389 g/mol. The topological polar surface area (TPSA) is 57.2 Å². The molecular formula is C21H16FN5S. The van der Waals surface area contributed by atoms with Crippen molar-refractivity contribution in [3.05, 3.63) is 71.1 Å². The molecule has 1 aromatic carbocycles. The van der Waals surface area contributed by atoms with Gasteiger partial charge in [-0.15, -0.1) is 11.3 Å². The van der Waals surface area contributed by atoms with Crippen LogP contribution in [-0.2, 0) is 0 Å². The number of thiazole rings is 1. The van der Waals surface area contributed by atoms with Gasteiger partial charge in [0.25, 0.3) is 0 Å². The third kappa shape index (κ3) is 3.26. The lowest BCUT2D eigenvalue weighted by Gasteiger charge is -2.16. The van der Waals surface area contributed by atoms with Crippen molar-refractivity contribution in [2.24, 2.45) is 0 Å². The van der Waals surface area contributed by atoms with E-state index in [1.165, 1.54) is 29.5 Å². The number of aryl methyl sites for hydroxylation is 1. The number of nitrogens with zero attached hydrogens (tertiary/aromatic N) is 5. The standard InChI is InChI=1S/C21H16FN5S/c1-14-5-10-19-24-17(4-3-11-23)20(27(19)12-14)26(2)21-25-18(13-28-21)15-6-8-16(22)9-7-15/h3-10,12-13H,1-2H3/b4-3+. The first-order valence-electron chi connectivity index (χ1n) is 8.57. The summed E-state index contributed by atoms with van der Waals surface area (Å²) in [7, 11) is 1.92. The zero-order valence-electron chi connectivity index (χ0n) is 15.3. The Morgan fingerprint density at radius 3 is 2.71 bits per heavy atom. The SMILES string of the molecule is Cc1ccc2nc(/C=C/C#N)c(N(C)c3nc(-c4ccc(F)cc4)cs3)n2c1. The van der Waals surface area contributed by atoms with Crippen LogP contribution >= 0.6 is 11.3 Å². The van der Waals surface area contributed by atoms with Gasteiger partial charge in [-0.1, -0.05) is 6.07 Å². The van der Waals surface area contributed by atoms with E-state index in [2.05, 4.69) is 4.98 Å². The average molecular weight is 389 g/mol. The predicted molar refractivity (Wildman–Crippen MR) is 110 cm³/mol. The lowest BCUT2D eigenvalue weighted by molar-refractivity contribution is 0.628. The summed E-state index contributed by atoms with van der Waals surface area (Å²) < 4.78 is 15.2. The molecule has 0 amide bonds. The highest BCUT2D eigenvalue weighted by Gasteiger charge is 2.18. The van der Waals surface area contributed by atoms with Crippen molar-refractivity contribution in [2.45, 2.75) is 6.92 Å². The van der Waals surface area contributed by atoms with E-state index in [0.29, 0.717) is 5.69 Å². The Bertz CT molecular complexity index is 1210. The second kappa shape index (κ2) is 7.25. The second-order valence-corrected chi connectivity index (χ2v) is 7.14. The minimum atomic E-state index is -0.272. The molecule has 7 heteroatoms. The molecule has 0 bridgehead atoms. The van der Waals surface area contributed by atoms with E-state index in [1.807, 2.05) is 53.1 Å². The number of imidazole rings is 1. The predicted octanol–water partition coefficient (Wildman–Crippen LogP) is 5.21. The van der Waals surface area contributed by atoms with Crippen molar-refractivity contribution < 1.29 is 4.39 Å². The molecule has 0 atom stereocenters. The van der Waals surface area contributed by atoms with Gasteiger partial charge >= 0.3 is 0 Å². The third-order valence-corrected chi connectivity index (χ3v) is 5.24. The summed E-state index contributed by atoms with van der Waals surface area (Å²) in [5, 5.41) is 11.6. The fourth-order valence-corrected chi connectivity index (χ4v) is 3.78. The van der Waals surface area contributed by atoms with Gasteiger partial charge in [-0.05, 0) is 48.9 Å². The summed E-state index contributed by atoms with van der Waals surface area (Å²) in [6, 6.07) is 12.2. The average Bonchev–Trinajstić information content (AvgIpc) is 3.31. The van der Waals surface area contributed by atoms with Gasteiger partial charge in [0.05, 0.1) is 11.8 Å². The van der Waals surface area contributed by atoms with Crippen LogP contribution in [0, 0.1) is 24.1 Å². The molecule has 0 saturated heterocycles. The van der Waals surface area contributed by atoms with Crippen LogP contribution in [0.2, 0.25) is 0 Å². The maximum atomic E-state index is 13.2. The van der Waals surface area contributed by atoms with E-state index in [1.54, 1.807) is 18.2 Å². The number of aromatic nitrogens is 3. The highest BCUT2D eigenvalue weighted by Crippen LogP contribution is 2.34. The third-order valence-electron chi connectivity index (χ3n) is 4.32. The zero-order chi connectivity index (χ0) is 19.7. The van der Waals surface area contributed by atoms with Crippen LogP contribution in [0.25, 0.3) is 23.0 Å². The van der Waals surface area contributed by atoms with Gasteiger partial charge < -0.3 is 4.90 Å². The van der Waals surface area contributed by atoms with Gasteiger partial charge in [0.1, 0.15) is 23.0 Å². The van der Waals surface area contributed by atoms with Gasteiger partial charge in [0.15, 0.2) is 5.13 Å². The number of benzene rings is 1. The van der Waals surface area contributed by atoms with Crippen molar-refractivity contribution in [3.8, 4) is 17.3 Å². The minimum absolute atomic E-state index is 0.272. The molecule has 0 aliphatic rings. The minimum Gasteiger partial charge on any atom is -0.305 e. The number of pyridine rings is 1. The van der Waals surface area contributed by atoms with Crippen LogP contribution in [0.3, 0.4) is 0 Å². The van der Waals surface area contributed by atoms with Crippen LogP contribution in [0.1, 0.15) is 11.3 Å². The van der Waals surface area contributed by atoms with Crippen LogP contribution in [-0.4, -0.2) is 21.4 Å². The Labute approximate surface area is 165 Å². The Hall–Kier alpha value is -3.50. The molecule has 0 fully saturated rings. The van der Waals surface area contributed by atoms with E-state index < -0.39 is 0 Å². The second-order valence-electron chi connectivity index (χ2n) is 6.30. The molecule has 3 aromatic heterocycles. The maximum Gasteiger partial charge on any atom is 0.191 e. The van der Waals surface area contributed by atoms with Gasteiger partial charge in [-0.2, -0.15) is 5.26 Å². The number of hydrogen-bond acceptors (Lipinski definition) is 5. The smallest absolute Gasteiger partial charge is 0.191 e. The molecule has 138 valence electrons. The van der Waals surface area contributed by atoms with Crippen molar-refractivity contribution in [3.63, 3.8) is 0 Å². The molecule has 4 aromatic rings. The molecule has 0 aliphatic carbocycles. The number of anilines is 2. The number of hydrogen-bond donors (Lipinski definition) is 0. The molecule has 5 nitrogen and oxygen atoms in total. The fourth-order valence-electron chi connectivity index (χ4n) is 2.98. The first-order valence-corrected chi connectivity index (χ1v) is 9.45. The summed E-state index contributed by atoms with van der Waals surface area (Å²) in [4.78, 5) is 11.3. The van der Waals surface area contributed by atoms with E-state index in [0.717, 1.165) is 33.4 Å². The number of fused-ring (bicyclic) bond motifs is 1. The quantitative estimate of drug-likeness (QED) is 0.450. The van der Waals surface area contributed by atoms with E-state index >= 15 is 0 Å². The summed E-state index contributed by atoms with van der Waals surface area (Å²) in [6.07, 6.45) is 5.12. The lowest BCUT2D eigenvalue weighted by Crippen LogP contribution is -2.13. The Balaban J connectivity index is 1.79. The summed E-state index contributed by atoms with van der Waals surface area (Å²) in [5.41, 5.74) is 4.22. The van der Waals surface area contributed by atoms with Gasteiger partial charge in [-0.25, -0.2) is 14.4 Å². The summed E-state index contributed by atoms with van der Waals surface area (Å²) in [6.45, 7) is 2.02.